The normalized spacial score (nSPS) is 9.50. The summed E-state index contributed by atoms with van der Waals surface area (Å²) in [5.41, 5.74) is 0.350. The highest BCUT2D eigenvalue weighted by molar-refractivity contribution is 6.11. The van der Waals surface area contributed by atoms with Gasteiger partial charge in [-0.15, -0.1) is 0 Å². The van der Waals surface area contributed by atoms with Crippen LogP contribution in [-0.4, -0.2) is 17.1 Å². The van der Waals surface area contributed by atoms with Crippen molar-refractivity contribution in [2.75, 3.05) is 4.90 Å². The van der Waals surface area contributed by atoms with Crippen LogP contribution >= 0.6 is 0 Å². The van der Waals surface area contributed by atoms with Crippen molar-refractivity contribution in [2.45, 2.75) is 13.3 Å². The number of hydrogen-bond acceptors (Lipinski definition) is 2. The second kappa shape index (κ2) is 4.41. The van der Waals surface area contributed by atoms with E-state index in [2.05, 4.69) is 6.07 Å². The van der Waals surface area contributed by atoms with Crippen LogP contribution in [-0.2, 0) is 4.79 Å². The highest BCUT2D eigenvalue weighted by atomic mass is 16.4. The molecule has 1 radical (unpaired) electrons. The molecule has 0 aromatic heterocycles. The van der Waals surface area contributed by atoms with Gasteiger partial charge in [0.15, 0.2) is 0 Å². The number of imide groups is 1. The summed E-state index contributed by atoms with van der Waals surface area (Å²) in [5.74, 6) is -0.441. The molecular formula is C10H10NO3. The Bertz CT molecular complexity index is 334. The molecule has 0 aliphatic heterocycles. The van der Waals surface area contributed by atoms with E-state index in [0.29, 0.717) is 5.69 Å². The van der Waals surface area contributed by atoms with E-state index in [-0.39, 0.29) is 6.42 Å². The summed E-state index contributed by atoms with van der Waals surface area (Å²) in [5, 5.41) is 8.82. The SMILES string of the molecule is CCC(=O)N(C(=O)O)c1cc[c]cc1. The minimum atomic E-state index is -1.26. The van der Waals surface area contributed by atoms with E-state index >= 15 is 0 Å². The van der Waals surface area contributed by atoms with E-state index in [4.69, 9.17) is 5.11 Å². The molecule has 0 unspecified atom stereocenters. The summed E-state index contributed by atoms with van der Waals surface area (Å²) >= 11 is 0. The van der Waals surface area contributed by atoms with Gasteiger partial charge >= 0.3 is 6.09 Å². The molecule has 1 rings (SSSR count). The molecule has 0 heterocycles. The third-order valence-electron chi connectivity index (χ3n) is 1.70. The Morgan fingerprint density at radius 1 is 1.43 bits per heavy atom. The van der Waals surface area contributed by atoms with Crippen molar-refractivity contribution in [2.24, 2.45) is 0 Å². The average molecular weight is 192 g/mol. The largest absolute Gasteiger partial charge is 0.464 e. The second-order valence-corrected chi connectivity index (χ2v) is 2.62. The monoisotopic (exact) mass is 192 g/mol. The summed E-state index contributed by atoms with van der Waals surface area (Å²) in [4.78, 5) is 22.8. The van der Waals surface area contributed by atoms with E-state index in [0.717, 1.165) is 4.90 Å². The highest BCUT2D eigenvalue weighted by Gasteiger charge is 2.20. The van der Waals surface area contributed by atoms with Crippen LogP contribution < -0.4 is 4.90 Å². The molecule has 1 aromatic rings. The van der Waals surface area contributed by atoms with E-state index < -0.39 is 12.0 Å². The van der Waals surface area contributed by atoms with E-state index in [1.807, 2.05) is 0 Å². The minimum Gasteiger partial charge on any atom is -0.464 e. The van der Waals surface area contributed by atoms with E-state index in [1.54, 1.807) is 19.1 Å². The van der Waals surface area contributed by atoms with Crippen molar-refractivity contribution in [3.63, 3.8) is 0 Å². The topological polar surface area (TPSA) is 57.6 Å². The number of amides is 2. The zero-order chi connectivity index (χ0) is 10.6. The molecule has 0 fully saturated rings. The number of carbonyl (C=O) groups excluding carboxylic acids is 1. The molecule has 4 nitrogen and oxygen atoms in total. The highest BCUT2D eigenvalue weighted by Crippen LogP contribution is 2.14. The lowest BCUT2D eigenvalue weighted by atomic mass is 10.3. The molecule has 1 N–H and O–H groups in total. The molecule has 4 heteroatoms. The first-order valence-electron chi connectivity index (χ1n) is 4.18. The van der Waals surface area contributed by atoms with Crippen LogP contribution in [0.3, 0.4) is 0 Å². The van der Waals surface area contributed by atoms with Crippen molar-refractivity contribution in [3.8, 4) is 0 Å². The molecule has 1 aromatic carbocycles. The number of carboxylic acid groups (broad SMARTS) is 1. The average Bonchev–Trinajstić information content (AvgIpc) is 2.19. The fraction of sp³-hybridized carbons (Fsp3) is 0.200. The Morgan fingerprint density at radius 2 is 2.00 bits per heavy atom. The predicted octanol–water partition coefficient (Wildman–Crippen LogP) is 1.91. The summed E-state index contributed by atoms with van der Waals surface area (Å²) in [6.07, 6.45) is -1.10. The van der Waals surface area contributed by atoms with Crippen LogP contribution in [0.5, 0.6) is 0 Å². The number of rotatable bonds is 2. The molecule has 73 valence electrons. The molecule has 14 heavy (non-hydrogen) atoms. The Hall–Kier alpha value is -1.84. The molecule has 2 amide bonds. The molecule has 0 atom stereocenters. The molecular weight excluding hydrogens is 182 g/mol. The molecule has 0 bridgehead atoms. The van der Waals surface area contributed by atoms with Crippen molar-refractivity contribution in [1.29, 1.82) is 0 Å². The van der Waals surface area contributed by atoms with Crippen molar-refractivity contribution in [3.05, 3.63) is 30.3 Å². The maximum atomic E-state index is 11.3. The van der Waals surface area contributed by atoms with Crippen LogP contribution in [0.1, 0.15) is 13.3 Å². The summed E-state index contributed by atoms with van der Waals surface area (Å²) in [7, 11) is 0. The minimum absolute atomic E-state index is 0.158. The first kappa shape index (κ1) is 10.2. The Kier molecular flexibility index (Phi) is 3.23. The van der Waals surface area contributed by atoms with Gasteiger partial charge < -0.3 is 5.11 Å². The van der Waals surface area contributed by atoms with Gasteiger partial charge in [0.2, 0.25) is 5.91 Å². The molecule has 0 saturated heterocycles. The van der Waals surface area contributed by atoms with Gasteiger partial charge in [-0.1, -0.05) is 19.1 Å². The zero-order valence-corrected chi connectivity index (χ0v) is 7.73. The van der Waals surface area contributed by atoms with Gasteiger partial charge in [0.1, 0.15) is 0 Å². The summed E-state index contributed by atoms with van der Waals surface area (Å²) in [6, 6.07) is 8.94. The van der Waals surface area contributed by atoms with Crippen LogP contribution in [0.4, 0.5) is 10.5 Å². The van der Waals surface area contributed by atoms with Gasteiger partial charge in [-0.3, -0.25) is 4.79 Å². The van der Waals surface area contributed by atoms with Crippen molar-refractivity contribution < 1.29 is 14.7 Å². The number of carbonyl (C=O) groups is 2. The number of benzene rings is 1. The third kappa shape index (κ3) is 2.10. The molecule has 0 saturated carbocycles. The summed E-state index contributed by atoms with van der Waals surface area (Å²) < 4.78 is 0. The van der Waals surface area contributed by atoms with Crippen molar-refractivity contribution >= 4 is 17.7 Å². The third-order valence-corrected chi connectivity index (χ3v) is 1.70. The first-order valence-corrected chi connectivity index (χ1v) is 4.18. The van der Waals surface area contributed by atoms with Gasteiger partial charge in [0.05, 0.1) is 5.69 Å². The lowest BCUT2D eigenvalue weighted by Crippen LogP contribution is -2.35. The standard InChI is InChI=1S/C10H10NO3/c1-2-9(12)11(10(13)14)8-6-4-3-5-7-8/h4-7H,2H2,1H3,(H,13,14). The maximum absolute atomic E-state index is 11.3. The first-order chi connectivity index (χ1) is 6.66. The lowest BCUT2D eigenvalue weighted by molar-refractivity contribution is -0.117. The smallest absolute Gasteiger partial charge is 0.418 e. The summed E-state index contributed by atoms with van der Waals surface area (Å²) in [6.45, 7) is 1.62. The zero-order valence-electron chi connectivity index (χ0n) is 7.73. The van der Waals surface area contributed by atoms with Gasteiger partial charge in [0, 0.05) is 6.42 Å². The number of nitrogens with zero attached hydrogens (tertiary/aromatic N) is 1. The van der Waals surface area contributed by atoms with Gasteiger partial charge in [0.25, 0.3) is 0 Å². The van der Waals surface area contributed by atoms with E-state index in [1.165, 1.54) is 12.1 Å². The predicted molar refractivity (Wildman–Crippen MR) is 51.1 cm³/mol. The maximum Gasteiger partial charge on any atom is 0.418 e. The fourth-order valence-corrected chi connectivity index (χ4v) is 1.05. The fourth-order valence-electron chi connectivity index (χ4n) is 1.05. The Labute approximate surface area is 81.8 Å². The van der Waals surface area contributed by atoms with Crippen LogP contribution in [0.15, 0.2) is 24.3 Å². The van der Waals surface area contributed by atoms with Crippen molar-refractivity contribution in [1.82, 2.24) is 0 Å². The lowest BCUT2D eigenvalue weighted by Gasteiger charge is -2.15. The Balaban J connectivity index is 3.01. The van der Waals surface area contributed by atoms with Crippen LogP contribution in [0.25, 0.3) is 0 Å². The van der Waals surface area contributed by atoms with Crippen LogP contribution in [0, 0.1) is 6.07 Å². The Morgan fingerprint density at radius 3 is 2.43 bits per heavy atom. The van der Waals surface area contributed by atoms with Gasteiger partial charge in [-0.25, -0.2) is 9.69 Å². The number of hydrogen-bond donors (Lipinski definition) is 1. The number of anilines is 1. The quantitative estimate of drug-likeness (QED) is 0.778. The molecule has 0 spiro atoms. The van der Waals surface area contributed by atoms with Crippen LogP contribution in [0.2, 0.25) is 0 Å². The molecule has 0 aliphatic carbocycles. The van der Waals surface area contributed by atoms with E-state index in [9.17, 15) is 9.59 Å². The molecule has 0 aliphatic rings. The van der Waals surface area contributed by atoms with Gasteiger partial charge in [-0.2, -0.15) is 0 Å². The van der Waals surface area contributed by atoms with Gasteiger partial charge in [-0.05, 0) is 18.2 Å². The second-order valence-electron chi connectivity index (χ2n) is 2.62.